The zero-order valence-electron chi connectivity index (χ0n) is 11.7. The second-order valence-corrected chi connectivity index (χ2v) is 5.57. The number of carbonyl (C=O) groups excluding carboxylic acids is 1. The summed E-state index contributed by atoms with van der Waals surface area (Å²) in [6.45, 7) is 6.24. The number of rotatable bonds is 2. The standard InChI is InChI=1S/C15H19N3O2/c1-9-6-18(7-10(2)17-9)11-3-4-14-12(5-11)13(8-20-14)15(16)19/h3-5,8-10,17H,6-7H2,1-2H3,(H2,16,19). The van der Waals surface area contributed by atoms with E-state index in [4.69, 9.17) is 10.2 Å². The Hall–Kier alpha value is -2.01. The summed E-state index contributed by atoms with van der Waals surface area (Å²) in [6, 6.07) is 6.79. The lowest BCUT2D eigenvalue weighted by Crippen LogP contribution is -2.54. The van der Waals surface area contributed by atoms with E-state index in [2.05, 4.69) is 24.1 Å². The number of nitrogens with two attached hydrogens (primary N) is 1. The van der Waals surface area contributed by atoms with E-state index < -0.39 is 5.91 Å². The van der Waals surface area contributed by atoms with Crippen LogP contribution in [0.4, 0.5) is 5.69 Å². The monoisotopic (exact) mass is 273 g/mol. The van der Waals surface area contributed by atoms with E-state index >= 15 is 0 Å². The van der Waals surface area contributed by atoms with Gasteiger partial charge >= 0.3 is 0 Å². The van der Waals surface area contributed by atoms with E-state index in [9.17, 15) is 4.79 Å². The van der Waals surface area contributed by atoms with Crippen molar-refractivity contribution in [2.45, 2.75) is 25.9 Å². The summed E-state index contributed by atoms with van der Waals surface area (Å²) in [4.78, 5) is 13.7. The molecule has 0 aliphatic carbocycles. The van der Waals surface area contributed by atoms with Gasteiger partial charge in [0.05, 0.1) is 5.56 Å². The molecule has 1 fully saturated rings. The van der Waals surface area contributed by atoms with Crippen molar-refractivity contribution in [3.8, 4) is 0 Å². The number of fused-ring (bicyclic) bond motifs is 1. The molecule has 2 unspecified atom stereocenters. The minimum atomic E-state index is -0.456. The molecule has 2 atom stereocenters. The molecular formula is C15H19N3O2. The molecule has 5 nitrogen and oxygen atoms in total. The second-order valence-electron chi connectivity index (χ2n) is 5.57. The molecule has 2 heterocycles. The highest BCUT2D eigenvalue weighted by molar-refractivity contribution is 6.05. The third kappa shape index (κ3) is 2.25. The molecule has 2 aromatic rings. The van der Waals surface area contributed by atoms with E-state index in [0.29, 0.717) is 23.2 Å². The molecule has 1 amide bonds. The van der Waals surface area contributed by atoms with Crippen LogP contribution in [-0.2, 0) is 0 Å². The lowest BCUT2D eigenvalue weighted by molar-refractivity contribution is 0.100. The van der Waals surface area contributed by atoms with Crippen LogP contribution in [0.15, 0.2) is 28.9 Å². The summed E-state index contributed by atoms with van der Waals surface area (Å²) in [6.07, 6.45) is 1.43. The normalized spacial score (nSPS) is 23.2. The van der Waals surface area contributed by atoms with Crippen molar-refractivity contribution in [3.63, 3.8) is 0 Å². The van der Waals surface area contributed by atoms with Crippen molar-refractivity contribution in [2.24, 2.45) is 5.73 Å². The van der Waals surface area contributed by atoms with Crippen molar-refractivity contribution in [2.75, 3.05) is 18.0 Å². The van der Waals surface area contributed by atoms with Crippen LogP contribution in [-0.4, -0.2) is 31.1 Å². The molecule has 106 valence electrons. The van der Waals surface area contributed by atoms with Crippen LogP contribution >= 0.6 is 0 Å². The van der Waals surface area contributed by atoms with Gasteiger partial charge in [-0.05, 0) is 32.0 Å². The Bertz CT molecular complexity index is 640. The number of anilines is 1. The van der Waals surface area contributed by atoms with Crippen molar-refractivity contribution in [1.29, 1.82) is 0 Å². The third-order valence-electron chi connectivity index (χ3n) is 3.75. The fourth-order valence-corrected chi connectivity index (χ4v) is 2.94. The molecule has 5 heteroatoms. The predicted octanol–water partition coefficient (Wildman–Crippen LogP) is 1.72. The van der Waals surface area contributed by atoms with Gasteiger partial charge in [0.2, 0.25) is 0 Å². The minimum Gasteiger partial charge on any atom is -0.463 e. The Kier molecular flexibility index (Phi) is 3.14. The molecule has 1 aromatic carbocycles. The number of carbonyl (C=O) groups is 1. The number of primary amides is 1. The molecule has 0 spiro atoms. The van der Waals surface area contributed by atoms with Crippen LogP contribution in [0.1, 0.15) is 24.2 Å². The second kappa shape index (κ2) is 4.83. The van der Waals surface area contributed by atoms with Gasteiger partial charge in [-0.3, -0.25) is 4.79 Å². The number of benzene rings is 1. The number of furan rings is 1. The fraction of sp³-hybridized carbons (Fsp3) is 0.400. The Balaban J connectivity index is 1.99. The van der Waals surface area contributed by atoms with Crippen molar-refractivity contribution >= 4 is 22.6 Å². The minimum absolute atomic E-state index is 0.439. The first-order valence-electron chi connectivity index (χ1n) is 6.86. The Labute approximate surface area is 117 Å². The van der Waals surface area contributed by atoms with Crippen LogP contribution in [0.25, 0.3) is 11.0 Å². The van der Waals surface area contributed by atoms with Crippen molar-refractivity contribution < 1.29 is 9.21 Å². The first-order chi connectivity index (χ1) is 9.54. The average Bonchev–Trinajstić information content (AvgIpc) is 2.80. The fourth-order valence-electron chi connectivity index (χ4n) is 2.94. The summed E-state index contributed by atoms with van der Waals surface area (Å²) in [5, 5.41) is 4.29. The number of nitrogens with zero attached hydrogens (tertiary/aromatic N) is 1. The summed E-state index contributed by atoms with van der Waals surface area (Å²) in [5.41, 5.74) is 7.61. The van der Waals surface area contributed by atoms with Crippen LogP contribution < -0.4 is 16.0 Å². The number of hydrogen-bond donors (Lipinski definition) is 2. The highest BCUT2D eigenvalue weighted by Gasteiger charge is 2.22. The molecular weight excluding hydrogens is 254 g/mol. The van der Waals surface area contributed by atoms with Gasteiger partial charge in [-0.25, -0.2) is 0 Å². The van der Waals surface area contributed by atoms with Gasteiger partial charge in [0.15, 0.2) is 0 Å². The highest BCUT2D eigenvalue weighted by Crippen LogP contribution is 2.27. The number of hydrogen-bond acceptors (Lipinski definition) is 4. The number of nitrogens with one attached hydrogen (secondary N) is 1. The molecule has 0 bridgehead atoms. The number of piperazine rings is 1. The van der Waals surface area contributed by atoms with Crippen LogP contribution in [0.3, 0.4) is 0 Å². The molecule has 3 rings (SSSR count). The summed E-state index contributed by atoms with van der Waals surface area (Å²) < 4.78 is 5.36. The lowest BCUT2D eigenvalue weighted by Gasteiger charge is -2.37. The van der Waals surface area contributed by atoms with Crippen LogP contribution in [0, 0.1) is 0 Å². The zero-order chi connectivity index (χ0) is 14.3. The first kappa shape index (κ1) is 13.0. The SMILES string of the molecule is CC1CN(c2ccc3occ(C(N)=O)c3c2)CC(C)N1. The van der Waals surface area contributed by atoms with Crippen LogP contribution in [0.5, 0.6) is 0 Å². The molecule has 0 radical (unpaired) electrons. The van der Waals surface area contributed by atoms with Gasteiger partial charge in [-0.15, -0.1) is 0 Å². The Morgan fingerprint density at radius 3 is 2.70 bits per heavy atom. The molecule has 1 aromatic heterocycles. The first-order valence-corrected chi connectivity index (χ1v) is 6.86. The molecule has 0 saturated carbocycles. The average molecular weight is 273 g/mol. The maximum atomic E-state index is 11.4. The third-order valence-corrected chi connectivity index (χ3v) is 3.75. The number of amides is 1. The summed E-state index contributed by atoms with van der Waals surface area (Å²) >= 11 is 0. The Morgan fingerprint density at radius 1 is 1.35 bits per heavy atom. The van der Waals surface area contributed by atoms with E-state index in [-0.39, 0.29) is 0 Å². The largest absolute Gasteiger partial charge is 0.463 e. The Morgan fingerprint density at radius 2 is 2.05 bits per heavy atom. The molecule has 1 saturated heterocycles. The molecule has 1 aliphatic rings. The molecule has 1 aliphatic heterocycles. The van der Waals surface area contributed by atoms with Crippen LogP contribution in [0.2, 0.25) is 0 Å². The van der Waals surface area contributed by atoms with E-state index in [1.54, 1.807) is 0 Å². The van der Waals surface area contributed by atoms with Crippen molar-refractivity contribution in [1.82, 2.24) is 5.32 Å². The smallest absolute Gasteiger partial charge is 0.252 e. The predicted molar refractivity (Wildman–Crippen MR) is 79.0 cm³/mol. The van der Waals surface area contributed by atoms with E-state index in [1.807, 2.05) is 18.2 Å². The maximum Gasteiger partial charge on any atom is 0.252 e. The maximum absolute atomic E-state index is 11.4. The van der Waals surface area contributed by atoms with Gasteiger partial charge in [-0.2, -0.15) is 0 Å². The van der Waals surface area contributed by atoms with Gasteiger partial charge < -0.3 is 20.4 Å². The summed E-state index contributed by atoms with van der Waals surface area (Å²) in [5.74, 6) is -0.456. The van der Waals surface area contributed by atoms with Gasteiger partial charge in [-0.1, -0.05) is 0 Å². The topological polar surface area (TPSA) is 71.5 Å². The molecule has 20 heavy (non-hydrogen) atoms. The van der Waals surface area contributed by atoms with Crippen molar-refractivity contribution in [3.05, 3.63) is 30.0 Å². The zero-order valence-corrected chi connectivity index (χ0v) is 11.7. The lowest BCUT2D eigenvalue weighted by atomic mass is 10.1. The quantitative estimate of drug-likeness (QED) is 0.874. The van der Waals surface area contributed by atoms with Gasteiger partial charge in [0.1, 0.15) is 11.8 Å². The molecule has 3 N–H and O–H groups in total. The van der Waals surface area contributed by atoms with E-state index in [0.717, 1.165) is 24.2 Å². The summed E-state index contributed by atoms with van der Waals surface area (Å²) in [7, 11) is 0. The van der Waals surface area contributed by atoms with Gasteiger partial charge in [0, 0.05) is 36.2 Å². The van der Waals surface area contributed by atoms with Gasteiger partial charge in [0.25, 0.3) is 5.91 Å². The highest BCUT2D eigenvalue weighted by atomic mass is 16.3. The van der Waals surface area contributed by atoms with E-state index in [1.165, 1.54) is 6.26 Å².